The van der Waals surface area contributed by atoms with Gasteiger partial charge < -0.3 is 0 Å². The van der Waals surface area contributed by atoms with E-state index in [9.17, 15) is 0 Å². The summed E-state index contributed by atoms with van der Waals surface area (Å²) in [6, 6.07) is 5.38. The molecule has 0 saturated heterocycles. The van der Waals surface area contributed by atoms with Crippen molar-refractivity contribution in [3.63, 3.8) is 0 Å². The summed E-state index contributed by atoms with van der Waals surface area (Å²) >= 11 is 0. The van der Waals surface area contributed by atoms with Crippen molar-refractivity contribution in [2.75, 3.05) is 6.16 Å². The van der Waals surface area contributed by atoms with Crippen molar-refractivity contribution < 1.29 is 0 Å². The molecule has 4 bridgehead atoms. The lowest BCUT2D eigenvalue weighted by Crippen LogP contribution is -2.60. The van der Waals surface area contributed by atoms with Crippen LogP contribution in [0.2, 0.25) is 39.3 Å². The molecular weight excluding hydrogens is 559 g/mol. The molecule has 2 unspecified atom stereocenters. The Balaban J connectivity index is 1.73. The fourth-order valence-corrected chi connectivity index (χ4v) is 15.5. The van der Waals surface area contributed by atoms with Crippen molar-refractivity contribution in [2.45, 2.75) is 82.0 Å². The standard InChI is InChI=1S/C32H46N4P2Si2/c1-39(2,3)27-16-25(31(20-37)23-12-21-11-22(14-23)15-24(31)13-21)26(17-28(27)40(4,5)6)32(38,29-18-33-7-9-35-29)30-19-34-8-10-36-30/h7-10,16-19,21-24H,11-15,20,37-38H2,1-6H3. The molecule has 3 aromatic rings. The minimum absolute atomic E-state index is 0.159. The third-order valence-corrected chi connectivity index (χ3v) is 16.5. The molecule has 4 nitrogen and oxygen atoms in total. The number of hydrogen-bond acceptors (Lipinski definition) is 4. The van der Waals surface area contributed by atoms with Crippen molar-refractivity contribution in [3.8, 4) is 0 Å². The van der Waals surface area contributed by atoms with E-state index in [1.54, 1.807) is 28.3 Å². The second kappa shape index (κ2) is 10.1. The molecule has 4 aliphatic carbocycles. The molecule has 2 atom stereocenters. The van der Waals surface area contributed by atoms with Crippen LogP contribution in [0, 0.1) is 23.7 Å². The monoisotopic (exact) mass is 604 g/mol. The van der Waals surface area contributed by atoms with Crippen molar-refractivity contribution in [1.29, 1.82) is 0 Å². The van der Waals surface area contributed by atoms with Crippen LogP contribution >= 0.6 is 18.5 Å². The van der Waals surface area contributed by atoms with Crippen LogP contribution in [0.25, 0.3) is 0 Å². The lowest BCUT2D eigenvalue weighted by atomic mass is 9.44. The van der Waals surface area contributed by atoms with Crippen LogP contribution in [0.3, 0.4) is 0 Å². The van der Waals surface area contributed by atoms with E-state index in [-0.39, 0.29) is 5.41 Å². The second-order valence-corrected chi connectivity index (χ2v) is 26.3. The summed E-state index contributed by atoms with van der Waals surface area (Å²) < 4.78 is 0. The second-order valence-electron chi connectivity index (χ2n) is 15.0. The van der Waals surface area contributed by atoms with Crippen LogP contribution in [0.5, 0.6) is 0 Å². The van der Waals surface area contributed by atoms with Crippen LogP contribution in [0.1, 0.15) is 54.6 Å². The zero-order chi connectivity index (χ0) is 28.5. The maximum absolute atomic E-state index is 4.96. The van der Waals surface area contributed by atoms with Crippen molar-refractivity contribution in [3.05, 3.63) is 71.8 Å². The third-order valence-electron chi connectivity index (χ3n) is 10.6. The Kier molecular flexibility index (Phi) is 7.30. The zero-order valence-electron chi connectivity index (χ0n) is 25.1. The van der Waals surface area contributed by atoms with E-state index in [0.717, 1.165) is 41.2 Å². The Bertz CT molecular complexity index is 1320. The molecule has 2 aromatic heterocycles. The van der Waals surface area contributed by atoms with Gasteiger partial charge in [0.25, 0.3) is 0 Å². The molecule has 212 valence electrons. The van der Waals surface area contributed by atoms with E-state index in [1.165, 1.54) is 37.7 Å². The summed E-state index contributed by atoms with van der Waals surface area (Å²) in [4.78, 5) is 19.1. The fourth-order valence-electron chi connectivity index (χ4n) is 8.87. The first-order chi connectivity index (χ1) is 18.9. The van der Waals surface area contributed by atoms with Crippen LogP contribution in [-0.2, 0) is 10.6 Å². The molecule has 4 fully saturated rings. The smallest absolute Gasteiger partial charge is 0.0967 e. The fraction of sp³-hybridized carbons (Fsp3) is 0.562. The molecule has 4 saturated carbocycles. The molecule has 7 rings (SSSR count). The van der Waals surface area contributed by atoms with Gasteiger partial charge in [-0.05, 0) is 73.1 Å². The van der Waals surface area contributed by atoms with Crippen molar-refractivity contribution >= 4 is 45.0 Å². The number of hydrogen-bond donors (Lipinski definition) is 0. The van der Waals surface area contributed by atoms with Gasteiger partial charge in [0, 0.05) is 30.2 Å². The van der Waals surface area contributed by atoms with Crippen LogP contribution in [0.4, 0.5) is 0 Å². The predicted octanol–water partition coefficient (Wildman–Crippen LogP) is 6.09. The van der Waals surface area contributed by atoms with Crippen LogP contribution in [-0.4, -0.2) is 42.2 Å². The average molecular weight is 605 g/mol. The highest BCUT2D eigenvalue weighted by atomic mass is 31.0. The summed E-state index contributed by atoms with van der Waals surface area (Å²) in [5.74, 6) is 3.33. The van der Waals surface area contributed by atoms with E-state index in [1.807, 2.05) is 24.8 Å². The number of rotatable bonds is 7. The van der Waals surface area contributed by atoms with Gasteiger partial charge >= 0.3 is 0 Å². The highest BCUT2D eigenvalue weighted by Crippen LogP contribution is 2.64. The van der Waals surface area contributed by atoms with Gasteiger partial charge in [0.2, 0.25) is 0 Å². The van der Waals surface area contributed by atoms with Gasteiger partial charge in [-0.3, -0.25) is 19.9 Å². The SMILES string of the molecule is C[Si](C)(C)c1cc(C(P)(c2cnccn2)c2cnccn2)c(C2(CP)C3CC4CC(C3)CC2C4)cc1[Si](C)(C)C. The van der Waals surface area contributed by atoms with E-state index in [0.29, 0.717) is 0 Å². The van der Waals surface area contributed by atoms with Gasteiger partial charge in [-0.25, -0.2) is 0 Å². The molecule has 0 N–H and O–H groups in total. The maximum atomic E-state index is 4.96. The predicted molar refractivity (Wildman–Crippen MR) is 179 cm³/mol. The zero-order valence-corrected chi connectivity index (χ0v) is 29.4. The molecule has 0 amide bonds. The highest BCUT2D eigenvalue weighted by molar-refractivity contribution is 7.19. The van der Waals surface area contributed by atoms with Gasteiger partial charge in [0.1, 0.15) is 0 Å². The topological polar surface area (TPSA) is 51.6 Å². The summed E-state index contributed by atoms with van der Waals surface area (Å²) in [6.45, 7) is 15.2. The van der Waals surface area contributed by atoms with Gasteiger partial charge in [-0.1, -0.05) is 61.8 Å². The summed E-state index contributed by atoms with van der Waals surface area (Å²) in [5.41, 5.74) is 4.94. The normalized spacial score (nSPS) is 28.2. The number of nitrogens with zero attached hydrogens (tertiary/aromatic N) is 4. The summed E-state index contributed by atoms with van der Waals surface area (Å²) in [7, 11) is 3.16. The average Bonchev–Trinajstić information content (AvgIpc) is 2.92. The van der Waals surface area contributed by atoms with E-state index >= 15 is 0 Å². The van der Waals surface area contributed by atoms with Gasteiger partial charge in [-0.2, -0.15) is 0 Å². The maximum Gasteiger partial charge on any atom is 0.0967 e. The van der Waals surface area contributed by atoms with Crippen LogP contribution in [0.15, 0.2) is 49.3 Å². The number of aromatic nitrogens is 4. The third kappa shape index (κ3) is 4.51. The molecular formula is C32H46N4P2Si2. The molecule has 40 heavy (non-hydrogen) atoms. The molecule has 0 aliphatic heterocycles. The lowest BCUT2D eigenvalue weighted by molar-refractivity contribution is -0.0504. The minimum Gasteiger partial charge on any atom is -0.261 e. The Morgan fingerprint density at radius 1 is 0.750 bits per heavy atom. The van der Waals surface area contributed by atoms with Crippen molar-refractivity contribution in [1.82, 2.24) is 19.9 Å². The van der Waals surface area contributed by atoms with Crippen molar-refractivity contribution in [2.24, 2.45) is 23.7 Å². The van der Waals surface area contributed by atoms with E-state index in [4.69, 9.17) is 9.97 Å². The lowest BCUT2D eigenvalue weighted by Gasteiger charge is -2.62. The Morgan fingerprint density at radius 2 is 1.23 bits per heavy atom. The highest BCUT2D eigenvalue weighted by Gasteiger charge is 2.58. The van der Waals surface area contributed by atoms with Gasteiger partial charge in [0.15, 0.2) is 0 Å². The van der Waals surface area contributed by atoms with E-state index in [2.05, 4.69) is 79.9 Å². The first-order valence-corrected chi connectivity index (χ1v) is 23.5. The minimum atomic E-state index is -1.69. The Labute approximate surface area is 247 Å². The van der Waals surface area contributed by atoms with Gasteiger partial charge in [0.05, 0.1) is 45.1 Å². The summed E-state index contributed by atoms with van der Waals surface area (Å²) in [6.07, 6.45) is 19.2. The number of benzene rings is 1. The molecule has 1 aromatic carbocycles. The quantitative estimate of drug-likeness (QED) is 0.242. The Hall–Kier alpha value is -1.33. The van der Waals surface area contributed by atoms with E-state index < -0.39 is 21.3 Å². The largest absolute Gasteiger partial charge is 0.261 e. The molecule has 4 aliphatic rings. The first-order valence-electron chi connectivity index (χ1n) is 15.1. The molecule has 0 spiro atoms. The molecule has 0 radical (unpaired) electrons. The molecule has 2 heterocycles. The Morgan fingerprint density at radius 3 is 1.62 bits per heavy atom. The van der Waals surface area contributed by atoms with Gasteiger partial charge in [-0.15, -0.1) is 18.5 Å². The summed E-state index contributed by atoms with van der Waals surface area (Å²) in [5, 5.41) is 2.64. The van der Waals surface area contributed by atoms with Crippen LogP contribution < -0.4 is 10.4 Å². The molecule has 8 heteroatoms. The first kappa shape index (κ1) is 28.8.